The first-order valence-corrected chi connectivity index (χ1v) is 9.03. The lowest BCUT2D eigenvalue weighted by atomic mass is 9.97. The number of aliphatic imine (C=N–C) groups is 1. The molecule has 6 nitrogen and oxygen atoms in total. The van der Waals surface area contributed by atoms with E-state index in [2.05, 4.69) is 17.1 Å². The number of carbonyl (C=O) groups is 1. The van der Waals surface area contributed by atoms with Crippen LogP contribution >= 0.6 is 24.0 Å². The molecule has 1 saturated carbocycles. The van der Waals surface area contributed by atoms with Crippen molar-refractivity contribution in [3.63, 3.8) is 0 Å². The Bertz CT molecular complexity index is 412. The van der Waals surface area contributed by atoms with E-state index in [0.717, 1.165) is 57.7 Å². The van der Waals surface area contributed by atoms with Crippen LogP contribution in [0.1, 0.15) is 46.0 Å². The van der Waals surface area contributed by atoms with E-state index in [0.29, 0.717) is 19.1 Å². The smallest absolute Gasteiger partial charge is 0.309 e. The van der Waals surface area contributed by atoms with Crippen molar-refractivity contribution in [3.8, 4) is 0 Å². The van der Waals surface area contributed by atoms with Crippen LogP contribution in [0.4, 0.5) is 0 Å². The van der Waals surface area contributed by atoms with Crippen LogP contribution in [-0.4, -0.2) is 60.8 Å². The molecular formula is C17H32IN3O3. The summed E-state index contributed by atoms with van der Waals surface area (Å²) in [6, 6.07) is 0. The molecule has 0 spiro atoms. The van der Waals surface area contributed by atoms with Gasteiger partial charge in [-0.3, -0.25) is 9.79 Å². The van der Waals surface area contributed by atoms with Gasteiger partial charge in [-0.25, -0.2) is 0 Å². The largest absolute Gasteiger partial charge is 0.466 e. The summed E-state index contributed by atoms with van der Waals surface area (Å²) in [6.07, 6.45) is 4.50. The summed E-state index contributed by atoms with van der Waals surface area (Å²) in [7, 11) is 0. The van der Waals surface area contributed by atoms with E-state index in [1.807, 2.05) is 6.92 Å². The molecule has 1 heterocycles. The Kier molecular flexibility index (Phi) is 9.95. The lowest BCUT2D eigenvalue weighted by molar-refractivity contribution is -0.149. The number of aliphatic hydroxyl groups is 1. The highest BCUT2D eigenvalue weighted by Gasteiger charge is 2.28. The Balaban J connectivity index is 0.00000288. The molecule has 1 aliphatic heterocycles. The fourth-order valence-electron chi connectivity index (χ4n) is 3.45. The van der Waals surface area contributed by atoms with Crippen molar-refractivity contribution in [2.45, 2.75) is 52.1 Å². The van der Waals surface area contributed by atoms with Gasteiger partial charge in [0.2, 0.25) is 0 Å². The second-order valence-electron chi connectivity index (χ2n) is 6.47. The molecule has 0 aromatic rings. The maximum Gasteiger partial charge on any atom is 0.309 e. The maximum absolute atomic E-state index is 11.8. The van der Waals surface area contributed by atoms with Gasteiger partial charge in [0.25, 0.3) is 0 Å². The number of halogens is 1. The average Bonchev–Trinajstić information content (AvgIpc) is 2.97. The van der Waals surface area contributed by atoms with Crippen LogP contribution < -0.4 is 5.32 Å². The predicted molar refractivity (Wildman–Crippen MR) is 106 cm³/mol. The van der Waals surface area contributed by atoms with Crippen molar-refractivity contribution in [2.24, 2.45) is 16.8 Å². The van der Waals surface area contributed by atoms with Crippen LogP contribution in [0, 0.1) is 11.8 Å². The second kappa shape index (κ2) is 11.1. The minimum absolute atomic E-state index is 0. The predicted octanol–water partition coefficient (Wildman–Crippen LogP) is 2.01. The SMILES string of the molecule is CCNC(=NCC1CCCC1O)N1CCC(C(=O)OCC)CC1.I. The number of guanidine groups is 1. The van der Waals surface area contributed by atoms with E-state index in [4.69, 9.17) is 9.73 Å². The van der Waals surface area contributed by atoms with Gasteiger partial charge in [0.15, 0.2) is 5.96 Å². The zero-order chi connectivity index (χ0) is 16.7. The van der Waals surface area contributed by atoms with Gasteiger partial charge in [-0.15, -0.1) is 24.0 Å². The zero-order valence-corrected chi connectivity index (χ0v) is 17.2. The third-order valence-corrected chi connectivity index (χ3v) is 4.84. The molecule has 0 radical (unpaired) electrons. The highest BCUT2D eigenvalue weighted by Crippen LogP contribution is 2.26. The second-order valence-corrected chi connectivity index (χ2v) is 6.47. The Hall–Kier alpha value is -0.570. The van der Waals surface area contributed by atoms with Gasteiger partial charge in [0, 0.05) is 32.1 Å². The third kappa shape index (κ3) is 6.06. The molecule has 1 saturated heterocycles. The van der Waals surface area contributed by atoms with E-state index in [1.54, 1.807) is 0 Å². The zero-order valence-electron chi connectivity index (χ0n) is 14.9. The topological polar surface area (TPSA) is 74.2 Å². The van der Waals surface area contributed by atoms with E-state index >= 15 is 0 Å². The van der Waals surface area contributed by atoms with Crippen molar-refractivity contribution in [3.05, 3.63) is 0 Å². The quantitative estimate of drug-likeness (QED) is 0.288. The minimum atomic E-state index is -0.198. The van der Waals surface area contributed by atoms with Gasteiger partial charge in [-0.1, -0.05) is 6.42 Å². The fraction of sp³-hybridized carbons (Fsp3) is 0.882. The number of piperidine rings is 1. The maximum atomic E-state index is 11.8. The Morgan fingerprint density at radius 2 is 1.96 bits per heavy atom. The number of rotatable bonds is 5. The monoisotopic (exact) mass is 453 g/mol. The molecular weight excluding hydrogens is 421 g/mol. The third-order valence-electron chi connectivity index (χ3n) is 4.84. The highest BCUT2D eigenvalue weighted by molar-refractivity contribution is 14.0. The molecule has 1 aliphatic carbocycles. The molecule has 2 unspecified atom stereocenters. The van der Waals surface area contributed by atoms with Crippen molar-refractivity contribution < 1.29 is 14.6 Å². The number of ether oxygens (including phenoxy) is 1. The van der Waals surface area contributed by atoms with Crippen LogP contribution in [0.25, 0.3) is 0 Å². The number of hydrogen-bond acceptors (Lipinski definition) is 4. The van der Waals surface area contributed by atoms with Crippen LogP contribution in [0.3, 0.4) is 0 Å². The lowest BCUT2D eigenvalue weighted by Gasteiger charge is -2.33. The summed E-state index contributed by atoms with van der Waals surface area (Å²) in [6.45, 7) is 7.51. The molecule has 2 aliphatic rings. The lowest BCUT2D eigenvalue weighted by Crippen LogP contribution is -2.47. The van der Waals surface area contributed by atoms with E-state index in [-0.39, 0.29) is 42.0 Å². The van der Waals surface area contributed by atoms with Gasteiger partial charge >= 0.3 is 5.97 Å². The van der Waals surface area contributed by atoms with Crippen LogP contribution in [0.2, 0.25) is 0 Å². The first-order chi connectivity index (χ1) is 11.2. The van der Waals surface area contributed by atoms with Crippen molar-refractivity contribution in [1.82, 2.24) is 10.2 Å². The minimum Gasteiger partial charge on any atom is -0.466 e. The number of aliphatic hydroxyl groups excluding tert-OH is 1. The molecule has 7 heteroatoms. The number of nitrogens with zero attached hydrogens (tertiary/aromatic N) is 2. The molecule has 0 aromatic heterocycles. The molecule has 2 atom stereocenters. The molecule has 24 heavy (non-hydrogen) atoms. The van der Waals surface area contributed by atoms with E-state index in [9.17, 15) is 9.90 Å². The average molecular weight is 453 g/mol. The standard InChI is InChI=1S/C17H31N3O3.HI/c1-3-18-17(19-12-14-6-5-7-15(14)21)20-10-8-13(9-11-20)16(22)23-4-2;/h13-15,21H,3-12H2,1-2H3,(H,18,19);1H. The first kappa shape index (κ1) is 21.5. The molecule has 2 N–H and O–H groups in total. The van der Waals surface area contributed by atoms with Gasteiger partial charge < -0.3 is 20.1 Å². The van der Waals surface area contributed by atoms with Crippen LogP contribution in [0.15, 0.2) is 4.99 Å². The molecule has 2 fully saturated rings. The number of carbonyl (C=O) groups excluding carboxylic acids is 1. The number of likely N-dealkylation sites (tertiary alicyclic amines) is 1. The van der Waals surface area contributed by atoms with Crippen molar-refractivity contribution in [1.29, 1.82) is 0 Å². The summed E-state index contributed by atoms with van der Waals surface area (Å²) in [4.78, 5) is 18.8. The Morgan fingerprint density at radius 3 is 2.50 bits per heavy atom. The van der Waals surface area contributed by atoms with Crippen LogP contribution in [-0.2, 0) is 9.53 Å². The summed E-state index contributed by atoms with van der Waals surface area (Å²) >= 11 is 0. The normalized spacial score (nSPS) is 25.3. The Labute approximate surface area is 162 Å². The highest BCUT2D eigenvalue weighted by atomic mass is 127. The van der Waals surface area contributed by atoms with Crippen LogP contribution in [0.5, 0.6) is 0 Å². The fourth-order valence-corrected chi connectivity index (χ4v) is 3.45. The molecule has 0 amide bonds. The van der Waals surface area contributed by atoms with E-state index in [1.165, 1.54) is 0 Å². The van der Waals surface area contributed by atoms with Gasteiger partial charge in [0.05, 0.1) is 18.6 Å². The summed E-state index contributed by atoms with van der Waals surface area (Å²) in [5.74, 6) is 1.16. The molecule has 2 rings (SSSR count). The molecule has 140 valence electrons. The number of nitrogens with one attached hydrogen (secondary N) is 1. The van der Waals surface area contributed by atoms with Crippen molar-refractivity contribution >= 4 is 35.9 Å². The van der Waals surface area contributed by atoms with E-state index < -0.39 is 0 Å². The summed E-state index contributed by atoms with van der Waals surface area (Å²) in [5, 5.41) is 13.3. The number of esters is 1. The molecule has 0 aromatic carbocycles. The Morgan fingerprint density at radius 1 is 1.25 bits per heavy atom. The summed E-state index contributed by atoms with van der Waals surface area (Å²) in [5.41, 5.74) is 0. The first-order valence-electron chi connectivity index (χ1n) is 9.03. The van der Waals surface area contributed by atoms with Gasteiger partial charge in [-0.05, 0) is 39.5 Å². The summed E-state index contributed by atoms with van der Waals surface area (Å²) < 4.78 is 5.12. The van der Waals surface area contributed by atoms with Crippen molar-refractivity contribution in [2.75, 3.05) is 32.8 Å². The number of hydrogen-bond donors (Lipinski definition) is 2. The van der Waals surface area contributed by atoms with Gasteiger partial charge in [0.1, 0.15) is 0 Å². The molecule has 0 bridgehead atoms. The van der Waals surface area contributed by atoms with Gasteiger partial charge in [-0.2, -0.15) is 0 Å².